The van der Waals surface area contributed by atoms with Gasteiger partial charge in [0.05, 0.1) is 5.56 Å². The normalized spacial score (nSPS) is 10.5. The molecule has 7 heteroatoms. The first-order valence-corrected chi connectivity index (χ1v) is 3.95. The largest absolute Gasteiger partial charge is 0.480 e. The molecule has 0 heterocycles. The summed E-state index contributed by atoms with van der Waals surface area (Å²) in [5.41, 5.74) is -1.32. The summed E-state index contributed by atoms with van der Waals surface area (Å²) in [7, 11) is 0. The maximum atomic E-state index is 13.1. The van der Waals surface area contributed by atoms with Crippen molar-refractivity contribution in [1.82, 2.24) is 0 Å². The van der Waals surface area contributed by atoms with Crippen LogP contribution in [0.2, 0.25) is 0 Å². The maximum Gasteiger partial charge on any atom is 0.322 e. The molecule has 2 N–H and O–H groups in total. The van der Waals surface area contributed by atoms with Crippen molar-refractivity contribution < 1.29 is 33.0 Å². The van der Waals surface area contributed by atoms with Crippen LogP contribution < -0.4 is 0 Å². The number of carbonyl (C=O) groups is 2. The Morgan fingerprint density at radius 3 is 1.88 bits per heavy atom. The fourth-order valence-corrected chi connectivity index (χ4v) is 1.16. The average molecular weight is 234 g/mol. The molecule has 0 atom stereocenters. The van der Waals surface area contributed by atoms with Crippen molar-refractivity contribution >= 4 is 11.9 Å². The highest BCUT2D eigenvalue weighted by atomic mass is 19.2. The molecule has 0 saturated carbocycles. The van der Waals surface area contributed by atoms with E-state index in [-0.39, 0.29) is 0 Å². The minimum Gasteiger partial charge on any atom is -0.480 e. The lowest BCUT2D eigenvalue weighted by molar-refractivity contribution is -0.150. The highest BCUT2D eigenvalue weighted by Crippen LogP contribution is 2.25. The topological polar surface area (TPSA) is 74.6 Å². The van der Waals surface area contributed by atoms with Crippen LogP contribution in [0.25, 0.3) is 0 Å². The SMILES string of the molecule is O=C(O)C(C(=O)O)c1c(F)ccc(F)c1F. The lowest BCUT2D eigenvalue weighted by Crippen LogP contribution is -2.24. The molecule has 0 aliphatic rings. The maximum absolute atomic E-state index is 13.1. The van der Waals surface area contributed by atoms with Gasteiger partial charge in [-0.2, -0.15) is 0 Å². The standard InChI is InChI=1S/C9H5F3O4/c10-3-1-2-4(11)7(12)5(3)6(8(13)14)9(15)16/h1-2,6H,(H,13,14)(H,15,16). The average Bonchev–Trinajstić information content (AvgIpc) is 2.17. The summed E-state index contributed by atoms with van der Waals surface area (Å²) in [5, 5.41) is 17.0. The molecule has 0 fully saturated rings. The number of benzene rings is 1. The number of carboxylic acid groups (broad SMARTS) is 2. The third-order valence-electron chi connectivity index (χ3n) is 1.86. The number of hydrogen-bond donors (Lipinski definition) is 2. The summed E-state index contributed by atoms with van der Waals surface area (Å²) in [6.07, 6.45) is 0. The van der Waals surface area contributed by atoms with Crippen LogP contribution in [0.5, 0.6) is 0 Å². The Bertz CT molecular complexity index is 444. The fraction of sp³-hybridized carbons (Fsp3) is 0.111. The van der Waals surface area contributed by atoms with Gasteiger partial charge in [-0.25, -0.2) is 13.2 Å². The van der Waals surface area contributed by atoms with Gasteiger partial charge in [0.25, 0.3) is 0 Å². The van der Waals surface area contributed by atoms with Crippen molar-refractivity contribution in [3.8, 4) is 0 Å². The minimum absolute atomic E-state index is 0.439. The Morgan fingerprint density at radius 2 is 1.44 bits per heavy atom. The van der Waals surface area contributed by atoms with Crippen molar-refractivity contribution in [2.24, 2.45) is 0 Å². The molecule has 1 aromatic carbocycles. The summed E-state index contributed by atoms with van der Waals surface area (Å²) in [6.45, 7) is 0. The molecule has 0 saturated heterocycles. The number of carboxylic acids is 2. The second kappa shape index (κ2) is 4.21. The van der Waals surface area contributed by atoms with Crippen LogP contribution in [0.4, 0.5) is 13.2 Å². The molecule has 0 aliphatic carbocycles. The van der Waals surface area contributed by atoms with Crippen LogP contribution in [0, 0.1) is 17.5 Å². The van der Waals surface area contributed by atoms with Gasteiger partial charge in [-0.15, -0.1) is 0 Å². The van der Waals surface area contributed by atoms with Crippen molar-refractivity contribution in [2.45, 2.75) is 5.92 Å². The first-order chi connectivity index (χ1) is 7.36. The van der Waals surface area contributed by atoms with Crippen LogP contribution in [0.1, 0.15) is 11.5 Å². The van der Waals surface area contributed by atoms with E-state index >= 15 is 0 Å². The van der Waals surface area contributed by atoms with Gasteiger partial charge in [-0.1, -0.05) is 0 Å². The van der Waals surface area contributed by atoms with E-state index in [2.05, 4.69) is 0 Å². The van der Waals surface area contributed by atoms with Crippen LogP contribution in [-0.4, -0.2) is 22.2 Å². The zero-order valence-electron chi connectivity index (χ0n) is 7.58. The Morgan fingerprint density at radius 1 is 1.00 bits per heavy atom. The monoisotopic (exact) mass is 234 g/mol. The summed E-state index contributed by atoms with van der Waals surface area (Å²) in [6, 6.07) is 0.904. The Kier molecular flexibility index (Phi) is 3.17. The molecule has 4 nitrogen and oxygen atoms in total. The summed E-state index contributed by atoms with van der Waals surface area (Å²) in [4.78, 5) is 21.0. The summed E-state index contributed by atoms with van der Waals surface area (Å²) >= 11 is 0. The van der Waals surface area contributed by atoms with E-state index < -0.39 is 40.9 Å². The van der Waals surface area contributed by atoms with Crippen LogP contribution >= 0.6 is 0 Å². The van der Waals surface area contributed by atoms with Gasteiger partial charge in [0.1, 0.15) is 5.82 Å². The third kappa shape index (κ3) is 1.97. The smallest absolute Gasteiger partial charge is 0.322 e. The number of aliphatic carboxylic acids is 2. The molecule has 0 aliphatic heterocycles. The zero-order valence-corrected chi connectivity index (χ0v) is 7.58. The lowest BCUT2D eigenvalue weighted by Gasteiger charge is -2.10. The summed E-state index contributed by atoms with van der Waals surface area (Å²) < 4.78 is 38.9. The van der Waals surface area contributed by atoms with E-state index in [1.54, 1.807) is 0 Å². The first-order valence-electron chi connectivity index (χ1n) is 3.95. The molecule has 1 rings (SSSR count). The first kappa shape index (κ1) is 12.0. The van der Waals surface area contributed by atoms with Crippen molar-refractivity contribution in [3.05, 3.63) is 35.1 Å². The molecule has 0 bridgehead atoms. The molecule has 0 radical (unpaired) electrons. The van der Waals surface area contributed by atoms with Crippen molar-refractivity contribution in [1.29, 1.82) is 0 Å². The molecule has 0 spiro atoms. The molecular weight excluding hydrogens is 229 g/mol. The predicted molar refractivity (Wildman–Crippen MR) is 44.3 cm³/mol. The van der Waals surface area contributed by atoms with E-state index in [0.29, 0.717) is 12.1 Å². The van der Waals surface area contributed by atoms with Gasteiger partial charge in [0.15, 0.2) is 17.6 Å². The van der Waals surface area contributed by atoms with Gasteiger partial charge < -0.3 is 10.2 Å². The lowest BCUT2D eigenvalue weighted by atomic mass is 9.98. The number of hydrogen-bond acceptors (Lipinski definition) is 2. The minimum atomic E-state index is -2.48. The molecule has 0 aromatic heterocycles. The second-order valence-electron chi connectivity index (χ2n) is 2.87. The molecule has 0 amide bonds. The van der Waals surface area contributed by atoms with E-state index in [0.717, 1.165) is 0 Å². The highest BCUT2D eigenvalue weighted by molar-refractivity contribution is 5.99. The summed E-state index contributed by atoms with van der Waals surface area (Å²) in [5.74, 6) is -11.2. The highest BCUT2D eigenvalue weighted by Gasteiger charge is 2.34. The molecular formula is C9H5F3O4. The van der Waals surface area contributed by atoms with Crippen LogP contribution in [-0.2, 0) is 9.59 Å². The van der Waals surface area contributed by atoms with E-state index in [4.69, 9.17) is 10.2 Å². The van der Waals surface area contributed by atoms with Crippen molar-refractivity contribution in [2.75, 3.05) is 0 Å². The Hall–Kier alpha value is -2.05. The van der Waals surface area contributed by atoms with E-state index in [1.165, 1.54) is 0 Å². The van der Waals surface area contributed by atoms with Gasteiger partial charge in [-0.3, -0.25) is 9.59 Å². The van der Waals surface area contributed by atoms with E-state index in [9.17, 15) is 22.8 Å². The van der Waals surface area contributed by atoms with Crippen LogP contribution in [0.3, 0.4) is 0 Å². The quantitative estimate of drug-likeness (QED) is 0.611. The van der Waals surface area contributed by atoms with Crippen LogP contribution in [0.15, 0.2) is 12.1 Å². The molecule has 16 heavy (non-hydrogen) atoms. The van der Waals surface area contributed by atoms with Gasteiger partial charge in [0.2, 0.25) is 0 Å². The second-order valence-corrected chi connectivity index (χ2v) is 2.87. The van der Waals surface area contributed by atoms with Gasteiger partial charge >= 0.3 is 11.9 Å². The Balaban J connectivity index is 3.46. The zero-order chi connectivity index (χ0) is 12.5. The fourth-order valence-electron chi connectivity index (χ4n) is 1.16. The van der Waals surface area contributed by atoms with Gasteiger partial charge in [-0.05, 0) is 12.1 Å². The Labute approximate surface area is 86.9 Å². The molecule has 0 unspecified atom stereocenters. The number of rotatable bonds is 3. The van der Waals surface area contributed by atoms with E-state index in [1.807, 2.05) is 0 Å². The van der Waals surface area contributed by atoms with Gasteiger partial charge in [0, 0.05) is 0 Å². The third-order valence-corrected chi connectivity index (χ3v) is 1.86. The number of halogens is 3. The molecule has 86 valence electrons. The predicted octanol–water partition coefficient (Wildman–Crippen LogP) is 1.36. The molecule has 1 aromatic rings. The van der Waals surface area contributed by atoms with Crippen molar-refractivity contribution in [3.63, 3.8) is 0 Å².